The first-order chi connectivity index (χ1) is 11.7. The van der Waals surface area contributed by atoms with Gasteiger partial charge in [0.1, 0.15) is 5.52 Å². The zero-order chi connectivity index (χ0) is 16.5. The van der Waals surface area contributed by atoms with E-state index in [1.165, 1.54) is 6.07 Å². The molecule has 0 radical (unpaired) electrons. The van der Waals surface area contributed by atoms with Crippen LogP contribution >= 0.6 is 0 Å². The van der Waals surface area contributed by atoms with Gasteiger partial charge in [-0.05, 0) is 49.3 Å². The fourth-order valence-electron chi connectivity index (χ4n) is 2.49. The maximum absolute atomic E-state index is 14.2. The Morgan fingerprint density at radius 3 is 2.92 bits per heavy atom. The van der Waals surface area contributed by atoms with Crippen molar-refractivity contribution in [3.05, 3.63) is 59.3 Å². The number of H-pyrrole nitrogens is 1. The summed E-state index contributed by atoms with van der Waals surface area (Å²) in [7, 11) is 0. The molecule has 5 nitrogen and oxygen atoms in total. The standard InChI is InChI=1S/C18H15FN4O/c19-15-10-11(18(24)21-13-4-5-13)9-14-16(22-23-17(14)15)7-6-12-3-1-2-8-20-12/h1-3,6-10,13H,4-5H2,(H,21,24)(H,22,23). The first-order valence-corrected chi connectivity index (χ1v) is 7.78. The highest BCUT2D eigenvalue weighted by atomic mass is 19.1. The van der Waals surface area contributed by atoms with Crippen molar-refractivity contribution in [1.29, 1.82) is 0 Å². The van der Waals surface area contributed by atoms with Crippen LogP contribution in [0.15, 0.2) is 36.5 Å². The molecular weight excluding hydrogens is 307 g/mol. The van der Waals surface area contributed by atoms with Crippen molar-refractivity contribution in [3.63, 3.8) is 0 Å². The molecule has 2 heterocycles. The van der Waals surface area contributed by atoms with E-state index in [2.05, 4.69) is 20.5 Å². The lowest BCUT2D eigenvalue weighted by Gasteiger charge is -2.04. The topological polar surface area (TPSA) is 70.7 Å². The largest absolute Gasteiger partial charge is 0.349 e. The number of halogens is 1. The predicted molar refractivity (Wildman–Crippen MR) is 89.7 cm³/mol. The Bertz CT molecular complexity index is 929. The van der Waals surface area contributed by atoms with Crippen LogP contribution in [0.4, 0.5) is 4.39 Å². The number of hydrogen-bond acceptors (Lipinski definition) is 3. The number of fused-ring (bicyclic) bond motifs is 1. The van der Waals surface area contributed by atoms with Gasteiger partial charge in [0.25, 0.3) is 5.91 Å². The lowest BCUT2D eigenvalue weighted by Crippen LogP contribution is -2.25. The summed E-state index contributed by atoms with van der Waals surface area (Å²) in [5.74, 6) is -0.763. The molecule has 0 saturated heterocycles. The molecular formula is C18H15FN4O. The zero-order valence-corrected chi connectivity index (χ0v) is 12.8. The number of nitrogens with one attached hydrogen (secondary N) is 2. The Hall–Kier alpha value is -3.02. The average molecular weight is 322 g/mol. The normalized spacial score (nSPS) is 14.4. The van der Waals surface area contributed by atoms with E-state index < -0.39 is 5.82 Å². The summed E-state index contributed by atoms with van der Waals surface area (Å²) in [6, 6.07) is 8.71. The summed E-state index contributed by atoms with van der Waals surface area (Å²) >= 11 is 0. The van der Waals surface area contributed by atoms with Crippen LogP contribution in [-0.4, -0.2) is 27.1 Å². The van der Waals surface area contributed by atoms with Gasteiger partial charge in [-0.1, -0.05) is 6.07 Å². The van der Waals surface area contributed by atoms with Crippen molar-refractivity contribution in [3.8, 4) is 0 Å². The van der Waals surface area contributed by atoms with Gasteiger partial charge in [0, 0.05) is 23.2 Å². The minimum absolute atomic E-state index is 0.221. The van der Waals surface area contributed by atoms with E-state index >= 15 is 0 Å². The number of aromatic nitrogens is 3. The first kappa shape index (κ1) is 14.6. The van der Waals surface area contributed by atoms with Crippen LogP contribution in [-0.2, 0) is 0 Å². The van der Waals surface area contributed by atoms with Gasteiger partial charge in [-0.2, -0.15) is 5.10 Å². The van der Waals surface area contributed by atoms with Crippen molar-refractivity contribution < 1.29 is 9.18 Å². The van der Waals surface area contributed by atoms with E-state index in [-0.39, 0.29) is 17.5 Å². The molecule has 120 valence electrons. The Morgan fingerprint density at radius 2 is 2.17 bits per heavy atom. The molecule has 0 unspecified atom stereocenters. The van der Waals surface area contributed by atoms with Crippen molar-refractivity contribution in [1.82, 2.24) is 20.5 Å². The summed E-state index contributed by atoms with van der Waals surface area (Å²) in [6.07, 6.45) is 7.26. The summed E-state index contributed by atoms with van der Waals surface area (Å²) in [4.78, 5) is 16.4. The number of amides is 1. The number of benzene rings is 1. The Balaban J connectivity index is 1.69. The summed E-state index contributed by atoms with van der Waals surface area (Å²) in [5.41, 5.74) is 1.94. The Labute approximate surface area is 137 Å². The minimum atomic E-state index is -0.512. The zero-order valence-electron chi connectivity index (χ0n) is 12.8. The van der Waals surface area contributed by atoms with Crippen molar-refractivity contribution in [2.75, 3.05) is 0 Å². The molecule has 6 heteroatoms. The van der Waals surface area contributed by atoms with E-state index in [1.54, 1.807) is 18.3 Å². The molecule has 3 aromatic rings. The van der Waals surface area contributed by atoms with E-state index in [4.69, 9.17) is 0 Å². The van der Waals surface area contributed by atoms with Gasteiger partial charge in [-0.25, -0.2) is 4.39 Å². The highest BCUT2D eigenvalue weighted by Gasteiger charge is 2.24. The molecule has 4 rings (SSSR count). The van der Waals surface area contributed by atoms with E-state index in [0.717, 1.165) is 18.5 Å². The summed E-state index contributed by atoms with van der Waals surface area (Å²) < 4.78 is 14.2. The maximum Gasteiger partial charge on any atom is 0.251 e. The molecule has 0 atom stereocenters. The number of carbonyl (C=O) groups excluding carboxylic acids is 1. The third-order valence-corrected chi connectivity index (χ3v) is 3.93. The monoisotopic (exact) mass is 322 g/mol. The van der Waals surface area contributed by atoms with E-state index in [9.17, 15) is 9.18 Å². The van der Waals surface area contributed by atoms with Gasteiger partial charge in [0.05, 0.1) is 11.4 Å². The van der Waals surface area contributed by atoms with Crippen molar-refractivity contribution in [2.24, 2.45) is 0 Å². The summed E-state index contributed by atoms with van der Waals surface area (Å²) in [5, 5.41) is 10.2. The number of nitrogens with zero attached hydrogens (tertiary/aromatic N) is 2. The molecule has 0 spiro atoms. The Morgan fingerprint density at radius 1 is 1.29 bits per heavy atom. The second kappa shape index (κ2) is 5.88. The van der Waals surface area contributed by atoms with Crippen LogP contribution < -0.4 is 5.32 Å². The van der Waals surface area contributed by atoms with Crippen LogP contribution in [0.25, 0.3) is 23.1 Å². The number of carbonyl (C=O) groups is 1. The predicted octanol–water partition coefficient (Wildman–Crippen LogP) is 3.16. The number of aromatic amines is 1. The third kappa shape index (κ3) is 2.90. The second-order valence-corrected chi connectivity index (χ2v) is 5.83. The highest BCUT2D eigenvalue weighted by Crippen LogP contribution is 2.24. The minimum Gasteiger partial charge on any atom is -0.349 e. The van der Waals surface area contributed by atoms with Crippen LogP contribution in [0.1, 0.15) is 34.6 Å². The second-order valence-electron chi connectivity index (χ2n) is 5.83. The lowest BCUT2D eigenvalue weighted by atomic mass is 10.1. The molecule has 24 heavy (non-hydrogen) atoms. The number of rotatable bonds is 4. The van der Waals surface area contributed by atoms with Crippen LogP contribution in [0.5, 0.6) is 0 Å². The quantitative estimate of drug-likeness (QED) is 0.775. The number of hydrogen-bond donors (Lipinski definition) is 2. The molecule has 2 aromatic heterocycles. The molecule has 1 amide bonds. The fraction of sp³-hybridized carbons (Fsp3) is 0.167. The smallest absolute Gasteiger partial charge is 0.251 e. The van der Waals surface area contributed by atoms with E-state index in [1.807, 2.05) is 24.3 Å². The van der Waals surface area contributed by atoms with Gasteiger partial charge in [0.15, 0.2) is 5.82 Å². The van der Waals surface area contributed by atoms with E-state index in [0.29, 0.717) is 16.6 Å². The summed E-state index contributed by atoms with van der Waals surface area (Å²) in [6.45, 7) is 0. The fourth-order valence-corrected chi connectivity index (χ4v) is 2.49. The molecule has 1 saturated carbocycles. The molecule has 1 aliphatic carbocycles. The SMILES string of the molecule is O=C(NC1CC1)c1cc(F)c2n[nH]c(C=Cc3ccccn3)c2c1. The maximum atomic E-state index is 14.2. The Kier molecular flexibility index (Phi) is 3.57. The van der Waals surface area contributed by atoms with Crippen LogP contribution in [0.2, 0.25) is 0 Å². The van der Waals surface area contributed by atoms with Gasteiger partial charge in [0.2, 0.25) is 0 Å². The van der Waals surface area contributed by atoms with Gasteiger partial charge in [-0.3, -0.25) is 14.9 Å². The van der Waals surface area contributed by atoms with Gasteiger partial charge >= 0.3 is 0 Å². The molecule has 1 fully saturated rings. The molecule has 2 N–H and O–H groups in total. The molecule has 1 aliphatic rings. The first-order valence-electron chi connectivity index (χ1n) is 7.78. The molecule has 0 bridgehead atoms. The average Bonchev–Trinajstić information content (AvgIpc) is 3.31. The van der Waals surface area contributed by atoms with Crippen molar-refractivity contribution in [2.45, 2.75) is 18.9 Å². The van der Waals surface area contributed by atoms with Crippen LogP contribution in [0.3, 0.4) is 0 Å². The number of pyridine rings is 1. The molecule has 0 aliphatic heterocycles. The lowest BCUT2D eigenvalue weighted by molar-refractivity contribution is 0.0951. The van der Waals surface area contributed by atoms with Gasteiger partial charge < -0.3 is 5.32 Å². The van der Waals surface area contributed by atoms with Gasteiger partial charge in [-0.15, -0.1) is 0 Å². The third-order valence-electron chi connectivity index (χ3n) is 3.93. The van der Waals surface area contributed by atoms with Crippen LogP contribution in [0, 0.1) is 5.82 Å². The highest BCUT2D eigenvalue weighted by molar-refractivity contribution is 6.00. The van der Waals surface area contributed by atoms with Crippen molar-refractivity contribution >= 4 is 29.0 Å². The molecule has 1 aromatic carbocycles.